The molecule has 2 N–H and O–H groups in total. The van der Waals surface area contributed by atoms with Crippen LogP contribution in [-0.4, -0.2) is 9.97 Å². The van der Waals surface area contributed by atoms with Gasteiger partial charge in [0.05, 0.1) is 23.6 Å². The average molecular weight is 234 g/mol. The summed E-state index contributed by atoms with van der Waals surface area (Å²) in [4.78, 5) is 8.42. The van der Waals surface area contributed by atoms with Crippen molar-refractivity contribution in [2.45, 2.75) is 13.0 Å². The van der Waals surface area contributed by atoms with Gasteiger partial charge in [0, 0.05) is 11.2 Å². The summed E-state index contributed by atoms with van der Waals surface area (Å²) < 4.78 is 0. The van der Waals surface area contributed by atoms with Crippen molar-refractivity contribution in [2.75, 3.05) is 0 Å². The lowest BCUT2D eigenvalue weighted by Crippen LogP contribution is -2.14. The monoisotopic (exact) mass is 233 g/mol. The fourth-order valence-corrected chi connectivity index (χ4v) is 1.70. The van der Waals surface area contributed by atoms with Gasteiger partial charge in [0.2, 0.25) is 0 Å². The minimum absolute atomic E-state index is 0.332. The SMILES string of the molecule is Cc1cnc(C(N)c2ccccc2Cl)cn1. The molecular weight excluding hydrogens is 222 g/mol. The van der Waals surface area contributed by atoms with E-state index in [4.69, 9.17) is 17.3 Å². The van der Waals surface area contributed by atoms with Crippen LogP contribution in [0.1, 0.15) is 23.0 Å². The van der Waals surface area contributed by atoms with E-state index in [1.54, 1.807) is 12.4 Å². The molecule has 1 atom stereocenters. The first kappa shape index (κ1) is 11.0. The minimum Gasteiger partial charge on any atom is -0.319 e. The molecule has 16 heavy (non-hydrogen) atoms. The molecule has 0 aliphatic carbocycles. The highest BCUT2D eigenvalue weighted by molar-refractivity contribution is 6.31. The van der Waals surface area contributed by atoms with Crippen molar-refractivity contribution in [1.29, 1.82) is 0 Å². The Bertz CT molecular complexity index is 482. The van der Waals surface area contributed by atoms with Gasteiger partial charge in [-0.25, -0.2) is 0 Å². The highest BCUT2D eigenvalue weighted by Crippen LogP contribution is 2.24. The zero-order valence-corrected chi connectivity index (χ0v) is 9.65. The van der Waals surface area contributed by atoms with Crippen LogP contribution in [-0.2, 0) is 0 Å². The van der Waals surface area contributed by atoms with Crippen LogP contribution in [0.3, 0.4) is 0 Å². The molecule has 2 aromatic rings. The van der Waals surface area contributed by atoms with Crippen molar-refractivity contribution in [2.24, 2.45) is 5.73 Å². The zero-order valence-electron chi connectivity index (χ0n) is 8.89. The van der Waals surface area contributed by atoms with Gasteiger partial charge >= 0.3 is 0 Å². The first-order valence-electron chi connectivity index (χ1n) is 4.97. The Balaban J connectivity index is 2.35. The highest BCUT2D eigenvalue weighted by atomic mass is 35.5. The van der Waals surface area contributed by atoms with E-state index in [-0.39, 0.29) is 6.04 Å². The fourth-order valence-electron chi connectivity index (χ4n) is 1.45. The van der Waals surface area contributed by atoms with E-state index in [0.29, 0.717) is 5.02 Å². The molecule has 1 unspecified atom stereocenters. The Hall–Kier alpha value is -1.45. The second-order valence-corrected chi connectivity index (χ2v) is 3.99. The molecule has 1 aromatic carbocycles. The summed E-state index contributed by atoms with van der Waals surface area (Å²) in [5.41, 5.74) is 8.54. The lowest BCUT2D eigenvalue weighted by molar-refractivity contribution is 0.813. The maximum Gasteiger partial charge on any atom is 0.0800 e. The summed E-state index contributed by atoms with van der Waals surface area (Å²) in [6.07, 6.45) is 3.38. The summed E-state index contributed by atoms with van der Waals surface area (Å²) in [5, 5.41) is 0.650. The quantitative estimate of drug-likeness (QED) is 0.867. The normalized spacial score (nSPS) is 12.4. The second-order valence-electron chi connectivity index (χ2n) is 3.58. The van der Waals surface area contributed by atoms with E-state index < -0.39 is 0 Å². The topological polar surface area (TPSA) is 51.8 Å². The van der Waals surface area contributed by atoms with Gasteiger partial charge in [0.25, 0.3) is 0 Å². The average Bonchev–Trinajstić information content (AvgIpc) is 2.30. The van der Waals surface area contributed by atoms with Gasteiger partial charge in [-0.15, -0.1) is 0 Å². The van der Waals surface area contributed by atoms with Gasteiger partial charge < -0.3 is 5.73 Å². The smallest absolute Gasteiger partial charge is 0.0800 e. The molecule has 0 amide bonds. The van der Waals surface area contributed by atoms with E-state index in [2.05, 4.69) is 9.97 Å². The third kappa shape index (κ3) is 2.21. The van der Waals surface area contributed by atoms with Crippen LogP contribution in [0, 0.1) is 6.92 Å². The molecule has 1 heterocycles. The van der Waals surface area contributed by atoms with E-state index in [9.17, 15) is 0 Å². The number of nitrogens with zero attached hydrogens (tertiary/aromatic N) is 2. The Morgan fingerprint density at radius 1 is 1.19 bits per heavy atom. The molecule has 0 saturated carbocycles. The van der Waals surface area contributed by atoms with Crippen LogP contribution < -0.4 is 5.73 Å². The number of aromatic nitrogens is 2. The third-order valence-corrected chi connectivity index (χ3v) is 2.70. The number of hydrogen-bond donors (Lipinski definition) is 1. The second kappa shape index (κ2) is 4.60. The number of halogens is 1. The van der Waals surface area contributed by atoms with Crippen LogP contribution in [0.15, 0.2) is 36.7 Å². The van der Waals surface area contributed by atoms with Crippen LogP contribution in [0.5, 0.6) is 0 Å². The standard InChI is InChI=1S/C12H12ClN3/c1-8-6-16-11(7-15-8)12(14)9-4-2-3-5-10(9)13/h2-7,12H,14H2,1H3. The molecule has 0 aliphatic heterocycles. The maximum atomic E-state index is 6.08. The summed E-state index contributed by atoms with van der Waals surface area (Å²) in [6, 6.07) is 7.16. The largest absolute Gasteiger partial charge is 0.319 e. The highest BCUT2D eigenvalue weighted by Gasteiger charge is 2.13. The molecule has 3 nitrogen and oxygen atoms in total. The van der Waals surface area contributed by atoms with E-state index in [1.165, 1.54) is 0 Å². The van der Waals surface area contributed by atoms with E-state index in [0.717, 1.165) is 17.0 Å². The number of benzene rings is 1. The molecule has 0 bridgehead atoms. The Kier molecular flexibility index (Phi) is 3.17. The van der Waals surface area contributed by atoms with E-state index >= 15 is 0 Å². The minimum atomic E-state index is -0.332. The number of rotatable bonds is 2. The summed E-state index contributed by atoms with van der Waals surface area (Å²) in [7, 11) is 0. The van der Waals surface area contributed by atoms with E-state index in [1.807, 2.05) is 31.2 Å². The Labute approximate surface area is 99.3 Å². The van der Waals surface area contributed by atoms with Gasteiger partial charge in [-0.1, -0.05) is 29.8 Å². The first-order chi connectivity index (χ1) is 7.68. The van der Waals surface area contributed by atoms with Crippen molar-refractivity contribution >= 4 is 11.6 Å². The Morgan fingerprint density at radius 2 is 1.94 bits per heavy atom. The number of hydrogen-bond acceptors (Lipinski definition) is 3. The molecule has 2 rings (SSSR count). The molecule has 0 saturated heterocycles. The summed E-state index contributed by atoms with van der Waals surface area (Å²) in [5.74, 6) is 0. The lowest BCUT2D eigenvalue weighted by Gasteiger charge is -2.12. The summed E-state index contributed by atoms with van der Waals surface area (Å²) in [6.45, 7) is 1.89. The molecular formula is C12H12ClN3. The van der Waals surface area contributed by atoms with Gasteiger partial charge in [-0.3, -0.25) is 9.97 Å². The van der Waals surface area contributed by atoms with Crippen molar-refractivity contribution in [3.8, 4) is 0 Å². The van der Waals surface area contributed by atoms with Gasteiger partial charge in [0.15, 0.2) is 0 Å². The zero-order chi connectivity index (χ0) is 11.5. The van der Waals surface area contributed by atoms with Crippen molar-refractivity contribution in [3.05, 3.63) is 58.6 Å². The molecule has 0 aliphatic rings. The van der Waals surface area contributed by atoms with Crippen molar-refractivity contribution in [3.63, 3.8) is 0 Å². The first-order valence-corrected chi connectivity index (χ1v) is 5.35. The van der Waals surface area contributed by atoms with Gasteiger partial charge in [0.1, 0.15) is 0 Å². The van der Waals surface area contributed by atoms with Crippen LogP contribution >= 0.6 is 11.6 Å². The predicted molar refractivity (Wildman–Crippen MR) is 64.3 cm³/mol. The fraction of sp³-hybridized carbons (Fsp3) is 0.167. The van der Waals surface area contributed by atoms with Crippen LogP contribution in [0.4, 0.5) is 0 Å². The summed E-state index contributed by atoms with van der Waals surface area (Å²) >= 11 is 6.07. The molecule has 0 spiro atoms. The van der Waals surface area contributed by atoms with Crippen molar-refractivity contribution < 1.29 is 0 Å². The maximum absolute atomic E-state index is 6.08. The molecule has 82 valence electrons. The Morgan fingerprint density at radius 3 is 2.56 bits per heavy atom. The molecule has 0 fully saturated rings. The third-order valence-electron chi connectivity index (χ3n) is 2.36. The van der Waals surface area contributed by atoms with Gasteiger partial charge in [-0.05, 0) is 18.6 Å². The van der Waals surface area contributed by atoms with Crippen LogP contribution in [0.2, 0.25) is 5.02 Å². The predicted octanol–water partition coefficient (Wildman–Crippen LogP) is 2.49. The molecule has 1 aromatic heterocycles. The number of aryl methyl sites for hydroxylation is 1. The molecule has 4 heteroatoms. The number of nitrogens with two attached hydrogens (primary N) is 1. The van der Waals surface area contributed by atoms with Gasteiger partial charge in [-0.2, -0.15) is 0 Å². The van der Waals surface area contributed by atoms with Crippen molar-refractivity contribution in [1.82, 2.24) is 9.97 Å². The lowest BCUT2D eigenvalue weighted by atomic mass is 10.1. The molecule has 0 radical (unpaired) electrons. The van der Waals surface area contributed by atoms with Crippen LogP contribution in [0.25, 0.3) is 0 Å².